The maximum atomic E-state index is 4.12. The fourth-order valence-corrected chi connectivity index (χ4v) is 1.86. The molecule has 1 saturated carbocycles. The maximum Gasteiger partial charge on any atom is 0.120 e. The summed E-state index contributed by atoms with van der Waals surface area (Å²) in [6.07, 6.45) is 3.70. The summed E-state index contributed by atoms with van der Waals surface area (Å²) in [6.45, 7) is 2.12. The smallest absolute Gasteiger partial charge is 0.120 e. The van der Waals surface area contributed by atoms with E-state index in [1.807, 2.05) is 0 Å². The lowest BCUT2D eigenvalue weighted by Gasteiger charge is -1.80. The molecule has 10 heavy (non-hydrogen) atoms. The van der Waals surface area contributed by atoms with Crippen molar-refractivity contribution in [2.75, 3.05) is 0 Å². The van der Waals surface area contributed by atoms with E-state index in [2.05, 4.69) is 17.1 Å². The van der Waals surface area contributed by atoms with Gasteiger partial charge < -0.3 is 0 Å². The lowest BCUT2D eigenvalue weighted by atomic mass is 10.5. The summed E-state index contributed by atoms with van der Waals surface area (Å²) in [6, 6.07) is 0. The molecule has 1 aromatic heterocycles. The van der Waals surface area contributed by atoms with Gasteiger partial charge in [-0.1, -0.05) is 6.92 Å². The fraction of sp³-hybridized carbons (Fsp3) is 0.714. The van der Waals surface area contributed by atoms with Crippen LogP contribution in [0.15, 0.2) is 0 Å². The Morgan fingerprint density at radius 1 is 1.50 bits per heavy atom. The van der Waals surface area contributed by atoms with Crippen molar-refractivity contribution in [3.63, 3.8) is 0 Å². The molecule has 0 N–H and O–H groups in total. The molecule has 1 aliphatic rings. The van der Waals surface area contributed by atoms with Gasteiger partial charge in [0, 0.05) is 5.92 Å². The van der Waals surface area contributed by atoms with E-state index in [9.17, 15) is 0 Å². The number of aromatic nitrogens is 2. The van der Waals surface area contributed by atoms with Crippen molar-refractivity contribution in [3.8, 4) is 0 Å². The van der Waals surface area contributed by atoms with Crippen LogP contribution in [0.1, 0.15) is 35.7 Å². The first-order valence-corrected chi connectivity index (χ1v) is 4.54. The van der Waals surface area contributed by atoms with E-state index in [1.54, 1.807) is 11.3 Å². The Morgan fingerprint density at radius 2 is 2.30 bits per heavy atom. The lowest BCUT2D eigenvalue weighted by molar-refractivity contribution is 0.931. The first kappa shape index (κ1) is 6.28. The second kappa shape index (κ2) is 2.31. The van der Waals surface area contributed by atoms with Crippen molar-refractivity contribution in [1.29, 1.82) is 0 Å². The molecular formula is C7H10N2S. The van der Waals surface area contributed by atoms with Crippen LogP contribution in [0.4, 0.5) is 0 Å². The van der Waals surface area contributed by atoms with Crippen molar-refractivity contribution in [1.82, 2.24) is 10.2 Å². The van der Waals surface area contributed by atoms with Gasteiger partial charge in [0.05, 0.1) is 0 Å². The van der Waals surface area contributed by atoms with Gasteiger partial charge in [-0.3, -0.25) is 0 Å². The van der Waals surface area contributed by atoms with E-state index in [4.69, 9.17) is 0 Å². The molecule has 1 aromatic rings. The second-order valence-electron chi connectivity index (χ2n) is 2.66. The second-order valence-corrected chi connectivity index (χ2v) is 3.76. The fourth-order valence-electron chi connectivity index (χ4n) is 0.905. The van der Waals surface area contributed by atoms with E-state index >= 15 is 0 Å². The topological polar surface area (TPSA) is 25.8 Å². The monoisotopic (exact) mass is 154 g/mol. The molecule has 0 amide bonds. The van der Waals surface area contributed by atoms with Crippen LogP contribution in [-0.4, -0.2) is 10.2 Å². The molecule has 2 nitrogen and oxygen atoms in total. The molecule has 0 saturated heterocycles. The van der Waals surface area contributed by atoms with Crippen molar-refractivity contribution in [2.24, 2.45) is 0 Å². The minimum Gasteiger partial charge on any atom is -0.144 e. The molecule has 0 atom stereocenters. The largest absolute Gasteiger partial charge is 0.144 e. The highest BCUT2D eigenvalue weighted by molar-refractivity contribution is 7.11. The van der Waals surface area contributed by atoms with Gasteiger partial charge in [0.15, 0.2) is 0 Å². The van der Waals surface area contributed by atoms with Crippen LogP contribution >= 0.6 is 11.3 Å². The number of aryl methyl sites for hydroxylation is 1. The molecule has 1 heterocycles. The molecule has 2 rings (SSSR count). The molecule has 1 fully saturated rings. The molecular weight excluding hydrogens is 144 g/mol. The Morgan fingerprint density at radius 3 is 2.80 bits per heavy atom. The number of hydrogen-bond acceptors (Lipinski definition) is 3. The molecule has 0 aliphatic heterocycles. The Balaban J connectivity index is 2.19. The van der Waals surface area contributed by atoms with Gasteiger partial charge in [0.1, 0.15) is 10.0 Å². The SMILES string of the molecule is CCc1nnc(C2CC2)s1. The molecule has 0 bridgehead atoms. The zero-order valence-corrected chi connectivity index (χ0v) is 6.82. The van der Waals surface area contributed by atoms with Crippen molar-refractivity contribution < 1.29 is 0 Å². The highest BCUT2D eigenvalue weighted by Crippen LogP contribution is 2.41. The molecule has 1 aliphatic carbocycles. The third-order valence-corrected chi connectivity index (χ3v) is 2.94. The summed E-state index contributed by atoms with van der Waals surface area (Å²) in [7, 11) is 0. The zero-order valence-electron chi connectivity index (χ0n) is 6.00. The van der Waals surface area contributed by atoms with E-state index < -0.39 is 0 Å². The average Bonchev–Trinajstić information content (AvgIpc) is 2.70. The number of nitrogens with zero attached hydrogens (tertiary/aromatic N) is 2. The van der Waals surface area contributed by atoms with Crippen molar-refractivity contribution in [3.05, 3.63) is 10.0 Å². The first-order chi connectivity index (χ1) is 4.90. The quantitative estimate of drug-likeness (QED) is 0.651. The van der Waals surface area contributed by atoms with Gasteiger partial charge >= 0.3 is 0 Å². The Labute approximate surface area is 64.3 Å². The summed E-state index contributed by atoms with van der Waals surface area (Å²) in [5, 5.41) is 10.6. The summed E-state index contributed by atoms with van der Waals surface area (Å²) in [5.74, 6) is 0.776. The number of hydrogen-bond donors (Lipinski definition) is 0. The molecule has 3 heteroatoms. The highest BCUT2D eigenvalue weighted by atomic mass is 32.1. The van der Waals surface area contributed by atoms with E-state index in [1.165, 1.54) is 22.9 Å². The van der Waals surface area contributed by atoms with Crippen LogP contribution < -0.4 is 0 Å². The van der Waals surface area contributed by atoms with Gasteiger partial charge in [-0.05, 0) is 19.3 Å². The first-order valence-electron chi connectivity index (χ1n) is 3.72. The minimum absolute atomic E-state index is 0.776. The molecule has 54 valence electrons. The van der Waals surface area contributed by atoms with E-state index in [0.717, 1.165) is 12.3 Å². The molecule has 0 radical (unpaired) electrons. The standard InChI is InChI=1S/C7H10N2S/c1-2-6-8-9-7(10-6)5-3-4-5/h5H,2-4H2,1H3. The normalized spacial score (nSPS) is 17.7. The van der Waals surface area contributed by atoms with Crippen LogP contribution in [0, 0.1) is 0 Å². The molecule has 0 aromatic carbocycles. The summed E-state index contributed by atoms with van der Waals surface area (Å²) in [4.78, 5) is 0. The van der Waals surface area contributed by atoms with E-state index in [-0.39, 0.29) is 0 Å². The molecule has 0 unspecified atom stereocenters. The Bertz CT molecular complexity index is 227. The zero-order chi connectivity index (χ0) is 6.97. The van der Waals surface area contributed by atoms with Crippen LogP contribution in [0.3, 0.4) is 0 Å². The average molecular weight is 154 g/mol. The van der Waals surface area contributed by atoms with Gasteiger partial charge in [-0.25, -0.2) is 0 Å². The highest BCUT2D eigenvalue weighted by Gasteiger charge is 2.27. The van der Waals surface area contributed by atoms with Crippen LogP contribution in [0.25, 0.3) is 0 Å². The van der Waals surface area contributed by atoms with Gasteiger partial charge in [0.2, 0.25) is 0 Å². The van der Waals surface area contributed by atoms with Crippen molar-refractivity contribution >= 4 is 11.3 Å². The minimum atomic E-state index is 0.776. The van der Waals surface area contributed by atoms with Gasteiger partial charge in [-0.2, -0.15) is 0 Å². The summed E-state index contributed by atoms with van der Waals surface area (Å²) >= 11 is 1.78. The molecule has 0 spiro atoms. The van der Waals surface area contributed by atoms with Crippen molar-refractivity contribution in [2.45, 2.75) is 32.1 Å². The Kier molecular flexibility index (Phi) is 1.45. The Hall–Kier alpha value is -0.440. The lowest BCUT2D eigenvalue weighted by Crippen LogP contribution is -1.77. The van der Waals surface area contributed by atoms with Gasteiger partial charge in [0.25, 0.3) is 0 Å². The summed E-state index contributed by atoms with van der Waals surface area (Å²) < 4.78 is 0. The third-order valence-electron chi connectivity index (χ3n) is 1.71. The van der Waals surface area contributed by atoms with Crippen LogP contribution in [0.5, 0.6) is 0 Å². The van der Waals surface area contributed by atoms with Crippen LogP contribution in [0.2, 0.25) is 0 Å². The summed E-state index contributed by atoms with van der Waals surface area (Å²) in [5.41, 5.74) is 0. The van der Waals surface area contributed by atoms with E-state index in [0.29, 0.717) is 0 Å². The maximum absolute atomic E-state index is 4.12. The third kappa shape index (κ3) is 1.06. The predicted octanol–water partition coefficient (Wildman–Crippen LogP) is 1.98. The number of rotatable bonds is 2. The van der Waals surface area contributed by atoms with Gasteiger partial charge in [-0.15, -0.1) is 21.5 Å². The predicted molar refractivity (Wildman–Crippen MR) is 41.3 cm³/mol. The van der Waals surface area contributed by atoms with Crippen LogP contribution in [-0.2, 0) is 6.42 Å².